The average Bonchev–Trinajstić information content (AvgIpc) is 3.00. The third-order valence-corrected chi connectivity index (χ3v) is 17.6. The SMILES string of the molecule is C[Si]1(C)OCCN(C(=O)C2C(C(=O)N3CCO[Si](C)(C)OCC3)C(C(=O)N3CCO[Si](C)(C)OCC3)C2C(=O)N2CCO[Si](C)(C)OCC2)CCO1. The molecule has 1 aliphatic carbocycles. The third kappa shape index (κ3) is 10.4. The summed E-state index contributed by atoms with van der Waals surface area (Å²) in [5.74, 6) is -5.76. The monoisotopic (exact) mass is 804 g/mol. The molecule has 0 N–H and O–H groups in total. The fourth-order valence-electron chi connectivity index (χ4n) is 7.53. The van der Waals surface area contributed by atoms with Crippen LogP contribution >= 0.6 is 0 Å². The van der Waals surface area contributed by atoms with Gasteiger partial charge in [0.25, 0.3) is 0 Å². The molecule has 0 unspecified atom stereocenters. The van der Waals surface area contributed by atoms with Gasteiger partial charge in [0.15, 0.2) is 0 Å². The third-order valence-electron chi connectivity index (χ3n) is 10.4. The van der Waals surface area contributed by atoms with Gasteiger partial charge in [-0.25, -0.2) is 0 Å². The Morgan fingerprint density at radius 3 is 0.596 bits per heavy atom. The Hall–Kier alpha value is -1.57. The topological polar surface area (TPSA) is 155 Å². The quantitative estimate of drug-likeness (QED) is 0.369. The maximum Gasteiger partial charge on any atom is 0.331 e. The van der Waals surface area contributed by atoms with E-state index in [1.807, 2.05) is 52.4 Å². The second-order valence-corrected chi connectivity index (χ2v) is 29.3. The van der Waals surface area contributed by atoms with Gasteiger partial charge in [0.1, 0.15) is 0 Å². The van der Waals surface area contributed by atoms with Crippen LogP contribution in [0.25, 0.3) is 0 Å². The molecule has 0 atom stereocenters. The maximum absolute atomic E-state index is 14.8. The molecule has 0 spiro atoms. The standard InChI is InChI=1S/C32H60N4O12Si4/c1-49(2)41-17-9-33(10-18-42-49)29(37)25-26(30(38)34-11-19-43-50(3,4)44-20-12-34)28(32(40)36-15-23-47-52(7,8)48-24-16-36)27(25)31(39)35-13-21-45-51(5,6)46-22-14-35/h25-28H,9-24H2,1-8H3. The molecule has 5 rings (SSSR count). The zero-order valence-electron chi connectivity index (χ0n) is 32.3. The molecule has 0 aromatic rings. The first-order valence-corrected chi connectivity index (χ1v) is 29.9. The molecular weight excluding hydrogens is 745 g/mol. The minimum Gasteiger partial charge on any atom is -0.393 e. The van der Waals surface area contributed by atoms with Crippen LogP contribution in [0.4, 0.5) is 0 Å². The molecule has 0 bridgehead atoms. The van der Waals surface area contributed by atoms with Gasteiger partial charge in [-0.15, -0.1) is 0 Å². The smallest absolute Gasteiger partial charge is 0.331 e. The average molecular weight is 805 g/mol. The van der Waals surface area contributed by atoms with Gasteiger partial charge in [-0.3, -0.25) is 19.2 Å². The zero-order chi connectivity index (χ0) is 37.9. The van der Waals surface area contributed by atoms with Crippen LogP contribution in [0.2, 0.25) is 52.4 Å². The fraction of sp³-hybridized carbons (Fsp3) is 0.875. The zero-order valence-corrected chi connectivity index (χ0v) is 36.3. The summed E-state index contributed by atoms with van der Waals surface area (Å²) >= 11 is 0. The van der Waals surface area contributed by atoms with Gasteiger partial charge in [0.05, 0.1) is 76.5 Å². The second kappa shape index (κ2) is 17.1. The maximum atomic E-state index is 14.8. The number of hydrogen-bond donors (Lipinski definition) is 0. The van der Waals surface area contributed by atoms with Crippen LogP contribution in [0, 0.1) is 23.7 Å². The molecule has 52 heavy (non-hydrogen) atoms. The first-order chi connectivity index (χ1) is 24.4. The van der Waals surface area contributed by atoms with E-state index in [1.54, 1.807) is 19.6 Å². The molecule has 1 saturated carbocycles. The minimum atomic E-state index is -2.34. The normalized spacial score (nSPS) is 31.5. The van der Waals surface area contributed by atoms with Crippen molar-refractivity contribution >= 4 is 57.9 Å². The van der Waals surface area contributed by atoms with Crippen LogP contribution in [-0.4, -0.2) is 183 Å². The first kappa shape index (κ1) is 41.6. The van der Waals surface area contributed by atoms with Gasteiger partial charge >= 0.3 is 34.2 Å². The molecule has 296 valence electrons. The Morgan fingerprint density at radius 1 is 0.327 bits per heavy atom. The molecular formula is C32H60N4O12Si4. The van der Waals surface area contributed by atoms with Crippen molar-refractivity contribution in [2.24, 2.45) is 23.7 Å². The first-order valence-electron chi connectivity index (χ1n) is 18.7. The number of rotatable bonds is 4. The Morgan fingerprint density at radius 2 is 0.462 bits per heavy atom. The van der Waals surface area contributed by atoms with Crippen molar-refractivity contribution in [3.63, 3.8) is 0 Å². The molecule has 0 aromatic carbocycles. The summed E-state index contributed by atoms with van der Waals surface area (Å²) in [6, 6.07) is 0. The van der Waals surface area contributed by atoms with E-state index in [4.69, 9.17) is 35.4 Å². The van der Waals surface area contributed by atoms with Gasteiger partial charge in [-0.05, 0) is 52.4 Å². The second-order valence-electron chi connectivity index (χ2n) is 15.8. The van der Waals surface area contributed by atoms with Crippen molar-refractivity contribution < 1.29 is 54.6 Å². The Bertz CT molecular complexity index is 1060. The van der Waals surface area contributed by atoms with E-state index in [-0.39, 0.29) is 129 Å². The van der Waals surface area contributed by atoms with E-state index in [0.717, 1.165) is 0 Å². The molecule has 4 aliphatic heterocycles. The van der Waals surface area contributed by atoms with Crippen LogP contribution in [0.5, 0.6) is 0 Å². The molecule has 0 radical (unpaired) electrons. The predicted octanol–water partition coefficient (Wildman–Crippen LogP) is 0.774. The summed E-state index contributed by atoms with van der Waals surface area (Å²) in [5, 5.41) is 0. The molecule has 5 aliphatic rings. The summed E-state index contributed by atoms with van der Waals surface area (Å²) in [6.07, 6.45) is 0. The highest BCUT2D eigenvalue weighted by molar-refractivity contribution is 6.65. The number of nitrogens with zero attached hydrogens (tertiary/aromatic N) is 4. The van der Waals surface area contributed by atoms with Crippen LogP contribution in [0.3, 0.4) is 0 Å². The van der Waals surface area contributed by atoms with E-state index < -0.39 is 57.9 Å². The number of carbonyl (C=O) groups is 4. The van der Waals surface area contributed by atoms with Crippen molar-refractivity contribution in [1.82, 2.24) is 19.6 Å². The largest absolute Gasteiger partial charge is 0.393 e. The van der Waals surface area contributed by atoms with Crippen molar-refractivity contribution in [1.29, 1.82) is 0 Å². The number of hydrogen-bond acceptors (Lipinski definition) is 12. The minimum absolute atomic E-state index is 0.270. The van der Waals surface area contributed by atoms with E-state index >= 15 is 0 Å². The summed E-state index contributed by atoms with van der Waals surface area (Å²) in [5.41, 5.74) is 0. The van der Waals surface area contributed by atoms with Gasteiger partial charge in [0, 0.05) is 52.4 Å². The summed E-state index contributed by atoms with van der Waals surface area (Å²) in [4.78, 5) is 65.6. The van der Waals surface area contributed by atoms with Gasteiger partial charge < -0.3 is 55.0 Å². The van der Waals surface area contributed by atoms with Gasteiger partial charge in [0.2, 0.25) is 23.6 Å². The highest BCUT2D eigenvalue weighted by Crippen LogP contribution is 2.50. The lowest BCUT2D eigenvalue weighted by Gasteiger charge is -2.53. The molecule has 16 nitrogen and oxygen atoms in total. The lowest BCUT2D eigenvalue weighted by Crippen LogP contribution is -2.69. The summed E-state index contributed by atoms with van der Waals surface area (Å²) < 4.78 is 48.2. The van der Waals surface area contributed by atoms with Crippen molar-refractivity contribution in [2.75, 3.05) is 105 Å². The molecule has 0 aromatic heterocycles. The molecule has 20 heteroatoms. The van der Waals surface area contributed by atoms with E-state index in [2.05, 4.69) is 0 Å². The number of amides is 4. The summed E-state index contributed by atoms with van der Waals surface area (Å²) in [7, 11) is -9.35. The summed E-state index contributed by atoms with van der Waals surface area (Å²) in [6.45, 7) is 20.1. The van der Waals surface area contributed by atoms with E-state index in [9.17, 15) is 19.2 Å². The highest BCUT2D eigenvalue weighted by Gasteiger charge is 2.65. The van der Waals surface area contributed by atoms with Crippen molar-refractivity contribution in [2.45, 2.75) is 52.4 Å². The fourth-order valence-corrected chi connectivity index (χ4v) is 12.5. The van der Waals surface area contributed by atoms with E-state index in [0.29, 0.717) is 0 Å². The Balaban J connectivity index is 1.49. The van der Waals surface area contributed by atoms with Gasteiger partial charge in [-0.1, -0.05) is 0 Å². The molecule has 4 heterocycles. The van der Waals surface area contributed by atoms with Gasteiger partial charge in [-0.2, -0.15) is 0 Å². The lowest BCUT2D eigenvalue weighted by molar-refractivity contribution is -0.184. The van der Waals surface area contributed by atoms with E-state index in [1.165, 1.54) is 0 Å². The highest BCUT2D eigenvalue weighted by atomic mass is 28.4. The molecule has 4 saturated heterocycles. The lowest BCUT2D eigenvalue weighted by atomic mass is 9.54. The van der Waals surface area contributed by atoms with Crippen molar-refractivity contribution in [3.05, 3.63) is 0 Å². The molecule has 5 fully saturated rings. The Kier molecular flexibility index (Phi) is 13.6. The number of carbonyl (C=O) groups excluding carboxylic acids is 4. The van der Waals surface area contributed by atoms with Crippen LogP contribution < -0.4 is 0 Å². The van der Waals surface area contributed by atoms with Crippen LogP contribution in [-0.2, 0) is 54.6 Å². The van der Waals surface area contributed by atoms with Crippen LogP contribution in [0.15, 0.2) is 0 Å². The molecule has 4 amide bonds. The Labute approximate surface area is 312 Å². The predicted molar refractivity (Wildman–Crippen MR) is 198 cm³/mol. The van der Waals surface area contributed by atoms with Crippen molar-refractivity contribution in [3.8, 4) is 0 Å². The van der Waals surface area contributed by atoms with Crippen LogP contribution in [0.1, 0.15) is 0 Å².